The smallest absolute Gasteiger partial charge is 1.00 e. The van der Waals surface area contributed by atoms with Crippen molar-refractivity contribution in [3.05, 3.63) is 46.5 Å². The third kappa shape index (κ3) is 7.39. The number of fused-ring (bicyclic) bond motifs is 4. The second-order valence-corrected chi connectivity index (χ2v) is 25.7. The summed E-state index contributed by atoms with van der Waals surface area (Å²) in [6, 6.07) is 8.46. The summed E-state index contributed by atoms with van der Waals surface area (Å²) in [7, 11) is 2.25. The molecule has 8 fully saturated rings. The van der Waals surface area contributed by atoms with E-state index >= 15 is 0 Å². The van der Waals surface area contributed by atoms with E-state index in [1.807, 2.05) is 18.8 Å². The van der Waals surface area contributed by atoms with Crippen molar-refractivity contribution in [3.63, 3.8) is 0 Å². The molecule has 4 spiro atoms. The fourth-order valence-electron chi connectivity index (χ4n) is 17.7. The molecule has 16 heteroatoms. The molecule has 0 aromatic heterocycles. The molecule has 4 heterocycles. The Morgan fingerprint density at radius 3 is 1.67 bits per heavy atom. The van der Waals surface area contributed by atoms with Gasteiger partial charge >= 0.3 is 36.0 Å². The molecule has 0 amide bonds. The molecule has 398 valence electrons. The first-order valence-corrected chi connectivity index (χ1v) is 28.0. The van der Waals surface area contributed by atoms with Crippen LogP contribution in [0.1, 0.15) is 144 Å². The van der Waals surface area contributed by atoms with Gasteiger partial charge in [0.15, 0.2) is 23.0 Å². The number of ketones is 1. The number of carbonyl (C=O) groups is 2. The molecular formula is C56H84IN2NaO12. The monoisotopic (exact) mass is 1130 g/mol. The Balaban J connectivity index is 0.000000197. The number of aromatic hydroxyl groups is 2. The number of aliphatic hydroxyl groups excluding tert-OH is 2. The van der Waals surface area contributed by atoms with E-state index in [9.17, 15) is 35.4 Å². The van der Waals surface area contributed by atoms with Crippen LogP contribution >= 0.6 is 22.6 Å². The zero-order chi connectivity index (χ0) is 53.2. The number of alkyl halides is 1. The maximum absolute atomic E-state index is 12.0. The van der Waals surface area contributed by atoms with Crippen LogP contribution in [-0.4, -0.2) is 127 Å². The number of rotatable bonds is 6. The quantitative estimate of drug-likeness (QED) is 0.0499. The van der Waals surface area contributed by atoms with Gasteiger partial charge in [0, 0.05) is 50.3 Å². The van der Waals surface area contributed by atoms with Gasteiger partial charge in [-0.2, -0.15) is 0 Å². The summed E-state index contributed by atoms with van der Waals surface area (Å²) in [5.41, 5.74) is 1.08. The Bertz CT molecular complexity index is 2430. The minimum absolute atomic E-state index is 0. The van der Waals surface area contributed by atoms with E-state index in [0.717, 1.165) is 77.3 Å². The van der Waals surface area contributed by atoms with E-state index in [1.54, 1.807) is 12.1 Å². The predicted octanol–water partition coefficient (Wildman–Crippen LogP) is 4.51. The molecule has 8 aliphatic carbocycles. The van der Waals surface area contributed by atoms with E-state index in [4.69, 9.17) is 15.7 Å². The Kier molecular flexibility index (Phi) is 15.1. The first kappa shape index (κ1) is 56.4. The summed E-state index contributed by atoms with van der Waals surface area (Å²) in [4.78, 5) is 26.2. The second-order valence-electron chi connectivity index (χ2n) is 25.7. The van der Waals surface area contributed by atoms with Gasteiger partial charge in [-0.1, -0.05) is 76.3 Å². The number of halogens is 1. The molecule has 2 unspecified atom stereocenters. The van der Waals surface area contributed by atoms with Crippen LogP contribution in [0.2, 0.25) is 0 Å². The van der Waals surface area contributed by atoms with Crippen LogP contribution in [-0.2, 0) is 38.1 Å². The molecule has 72 heavy (non-hydrogen) atoms. The van der Waals surface area contributed by atoms with Crippen molar-refractivity contribution in [2.45, 2.75) is 180 Å². The van der Waals surface area contributed by atoms with E-state index in [1.165, 1.54) is 36.1 Å². The Morgan fingerprint density at radius 1 is 0.792 bits per heavy atom. The number of phenols is 2. The zero-order valence-corrected chi connectivity index (χ0v) is 49.4. The summed E-state index contributed by atoms with van der Waals surface area (Å²) < 4.78 is 19.1. The molecule has 14 nitrogen and oxygen atoms in total. The molecule has 12 aliphatic rings. The molecule has 14 rings (SSSR count). The summed E-state index contributed by atoms with van der Waals surface area (Å²) in [6.07, 6.45) is 9.05. The number of aliphatic hydroxyl groups is 4. The van der Waals surface area contributed by atoms with Gasteiger partial charge in [-0.3, -0.25) is 4.79 Å². The standard InChI is InChI=1S/C26H37NO4.C25H35NO4.C3H6O.CH3I.CH2O3.Na.H/c1-22(2,3)23(4,30)17-13-25-9-8-24(17,14-28)21-26(25)10-11-27(5)18(25)12-15-6-7-16(29)20(31-21)19(15)26;1-21(2,3)22(4,29)16-12-24-8-7-23(16,13-27)20-25(24)9-10-26-17(24)11-14-5-6-15(28)19(30-20)18(14)25;1-3(2)4;1-2;2-1-4-3;;/h6-7,17-18,21,28-30H,8-14H2,1-5H3;5-6,16-17,20,26-29H,7-13H2,1-4H3;1-2H3;1H3;1,3H;;/q;;;;;+1;-1/t17-,18-,21+,23+,24-,25?,26+;16-,17-,20+,22+,23-,24?,25+;;;;;/m11...../s1/i/hD. The first-order chi connectivity index (χ1) is 33.7. The van der Waals surface area contributed by atoms with E-state index < -0.39 is 22.0 Å². The number of ether oxygens (including phenoxy) is 2. The van der Waals surface area contributed by atoms with Crippen molar-refractivity contribution >= 4 is 34.8 Å². The maximum Gasteiger partial charge on any atom is 1.00 e. The number of likely N-dealkylation sites (N-methyl/N-ethyl adjacent to an activating group) is 1. The average Bonchev–Trinajstić information content (AvgIpc) is 3.89. The van der Waals surface area contributed by atoms with E-state index in [-0.39, 0.29) is 124 Å². The van der Waals surface area contributed by atoms with Crippen molar-refractivity contribution in [3.8, 4) is 23.0 Å². The minimum Gasteiger partial charge on any atom is -1.00 e. The fourth-order valence-corrected chi connectivity index (χ4v) is 17.7. The van der Waals surface area contributed by atoms with Gasteiger partial charge in [0.2, 0.25) is 0 Å². The molecule has 14 atom stereocenters. The largest absolute Gasteiger partial charge is 1.00 e. The van der Waals surface area contributed by atoms with Crippen molar-refractivity contribution < 1.29 is 90.8 Å². The predicted molar refractivity (Wildman–Crippen MR) is 279 cm³/mol. The van der Waals surface area contributed by atoms with Crippen molar-refractivity contribution in [2.75, 3.05) is 38.3 Å². The van der Waals surface area contributed by atoms with E-state index in [2.05, 4.69) is 104 Å². The number of likely N-dealkylation sites (tertiary alicyclic amines) is 1. The normalized spacial score (nSPS) is 38.8. The third-order valence-electron chi connectivity index (χ3n) is 21.6. The Hall–Kier alpha value is -1.77. The minimum atomic E-state index is -0.946. The van der Waals surface area contributed by atoms with Gasteiger partial charge < -0.3 is 61.4 Å². The number of nitrogens with zero attached hydrogens (tertiary/aromatic N) is 1. The van der Waals surface area contributed by atoms with Crippen LogP contribution in [0.5, 0.6) is 23.0 Å². The van der Waals surface area contributed by atoms with E-state index in [0.29, 0.717) is 23.6 Å². The number of nitrogens with one attached hydrogen (secondary N) is 1. The van der Waals surface area contributed by atoms with Crippen LogP contribution in [0, 0.1) is 44.3 Å². The van der Waals surface area contributed by atoms with Crippen LogP contribution < -0.4 is 44.3 Å². The van der Waals surface area contributed by atoms with Crippen LogP contribution in [0.25, 0.3) is 1.43 Å². The number of hydrogen-bond donors (Lipinski definition) is 8. The van der Waals surface area contributed by atoms with Crippen molar-refractivity contribution in [1.82, 2.24) is 10.2 Å². The number of Topliss-reactive ketones (excluding diaryl/α,β-unsaturated/α-hetero) is 1. The first-order valence-electron chi connectivity index (χ1n) is 26.3. The number of hydrogen-bond acceptors (Lipinski definition) is 14. The number of piperidine rings is 2. The summed E-state index contributed by atoms with van der Waals surface area (Å²) in [5, 5.41) is 74.4. The molecule has 2 aromatic carbocycles. The fraction of sp³-hybridized carbons (Fsp3) is 0.750. The van der Waals surface area contributed by atoms with Crippen molar-refractivity contribution in [2.24, 2.45) is 44.3 Å². The molecule has 2 aromatic rings. The summed E-state index contributed by atoms with van der Waals surface area (Å²) in [5.74, 6) is 1.78. The Morgan fingerprint density at radius 2 is 1.24 bits per heavy atom. The molecule has 6 saturated carbocycles. The van der Waals surface area contributed by atoms with Gasteiger partial charge in [-0.05, 0) is 168 Å². The second kappa shape index (κ2) is 19.3. The molecular weight excluding hydrogens is 1040 g/mol. The van der Waals surface area contributed by atoms with Crippen molar-refractivity contribution in [1.29, 1.82) is 1.43 Å². The summed E-state index contributed by atoms with van der Waals surface area (Å²) >= 11 is 2.15. The SMILES string of the molecule is CC(C)(C)[C@@](C)(O)[C@H]1CC23CC[C@]1(CO)[C@@H]1Oc4c(O)ccc5c4[C@@]12CCN[C@@H]3C5.CC(C)=O.CI.CN1CC[C@]23c4c5ccc(O)c4O[C@H]2[C@@]2(CO)CCC3(C[C@@H]2[C@](C)(O)C(C)(C)C)[C@H]1C5.[2H]OOC=O.[H-].[Na+]. The number of phenolic OH excluding ortho intramolecular Hbond substituents is 2. The Labute approximate surface area is 466 Å². The molecule has 8 bridgehead atoms. The summed E-state index contributed by atoms with van der Waals surface area (Å²) in [6.45, 7) is 21.6. The van der Waals surface area contributed by atoms with Crippen LogP contribution in [0.4, 0.5) is 0 Å². The van der Waals surface area contributed by atoms with Gasteiger partial charge in [0.1, 0.15) is 18.0 Å². The molecule has 0 radical (unpaired) electrons. The third-order valence-corrected chi connectivity index (χ3v) is 21.6. The van der Waals surface area contributed by atoms with Gasteiger partial charge in [-0.25, -0.2) is 5.26 Å². The molecule has 2 saturated heterocycles. The number of benzene rings is 2. The zero-order valence-electron chi connectivity index (χ0n) is 47.2. The van der Waals surface area contributed by atoms with Crippen LogP contribution in [0.15, 0.2) is 24.3 Å². The van der Waals surface area contributed by atoms with Gasteiger partial charge in [-0.15, -0.1) is 0 Å². The van der Waals surface area contributed by atoms with Crippen LogP contribution in [0.3, 0.4) is 0 Å². The van der Waals surface area contributed by atoms with Gasteiger partial charge in [0.25, 0.3) is 1.43 Å². The molecule has 4 aliphatic heterocycles. The topological polar surface area (TPSA) is 219 Å². The number of carbonyl (C=O) groups excluding carboxylic acids is 2. The van der Waals surface area contributed by atoms with Gasteiger partial charge in [0.05, 0.1) is 24.4 Å². The average molecular weight is 1130 g/mol. The molecule has 8 N–H and O–H groups in total. The maximum atomic E-state index is 12.0.